The summed E-state index contributed by atoms with van der Waals surface area (Å²) in [4.78, 5) is 16.3. The Labute approximate surface area is 121 Å². The molecule has 0 amide bonds. The van der Waals surface area contributed by atoms with Crippen LogP contribution in [-0.2, 0) is 0 Å². The Balaban J connectivity index is 2.18. The summed E-state index contributed by atoms with van der Waals surface area (Å²) in [6.45, 7) is 4.63. The molecule has 1 aliphatic carbocycles. The van der Waals surface area contributed by atoms with Gasteiger partial charge in [-0.15, -0.1) is 0 Å². The molecular formula is C16H26N2O2. The van der Waals surface area contributed by atoms with Crippen LogP contribution in [0.1, 0.15) is 69.9 Å². The molecule has 1 aromatic heterocycles. The molecule has 2 rings (SSSR count). The Morgan fingerprint density at radius 1 is 1.25 bits per heavy atom. The number of ether oxygens (including phenoxy) is 1. The average Bonchev–Trinajstić information content (AvgIpc) is 2.39. The highest BCUT2D eigenvalue weighted by Crippen LogP contribution is 2.26. The highest BCUT2D eigenvalue weighted by molar-refractivity contribution is 5.20. The Bertz CT molecular complexity index is 474. The van der Waals surface area contributed by atoms with Crippen LogP contribution in [0, 0.1) is 6.92 Å². The van der Waals surface area contributed by atoms with Crippen LogP contribution < -0.4 is 10.4 Å². The number of aryl methyl sites for hydroxylation is 1. The predicted octanol–water partition coefficient (Wildman–Crippen LogP) is 3.63. The van der Waals surface area contributed by atoms with Gasteiger partial charge in [0.1, 0.15) is 0 Å². The molecule has 4 nitrogen and oxygen atoms in total. The van der Waals surface area contributed by atoms with Crippen molar-refractivity contribution in [3.63, 3.8) is 0 Å². The fraction of sp³-hybridized carbons (Fsp3) is 0.750. The van der Waals surface area contributed by atoms with Crippen molar-refractivity contribution in [2.75, 3.05) is 6.61 Å². The second-order valence-electron chi connectivity index (χ2n) is 5.77. The summed E-state index contributed by atoms with van der Waals surface area (Å²) in [6.07, 6.45) is 11.4. The summed E-state index contributed by atoms with van der Waals surface area (Å²) in [7, 11) is 0. The lowest BCUT2D eigenvalue weighted by atomic mass is 9.96. The molecule has 0 aromatic carbocycles. The molecule has 0 radical (unpaired) electrons. The first-order valence-corrected chi connectivity index (χ1v) is 7.95. The van der Waals surface area contributed by atoms with Crippen LogP contribution in [-0.4, -0.2) is 16.2 Å². The van der Waals surface area contributed by atoms with E-state index in [-0.39, 0.29) is 5.69 Å². The van der Waals surface area contributed by atoms with Gasteiger partial charge in [0.25, 0.3) is 0 Å². The monoisotopic (exact) mass is 278 g/mol. The van der Waals surface area contributed by atoms with Gasteiger partial charge in [-0.25, -0.2) is 4.79 Å². The van der Waals surface area contributed by atoms with Gasteiger partial charge in [-0.1, -0.05) is 39.0 Å². The van der Waals surface area contributed by atoms with Crippen LogP contribution in [0.15, 0.2) is 11.0 Å². The van der Waals surface area contributed by atoms with Crippen molar-refractivity contribution < 1.29 is 4.74 Å². The van der Waals surface area contributed by atoms with Gasteiger partial charge in [-0.3, -0.25) is 4.57 Å². The molecule has 0 spiro atoms. The highest BCUT2D eigenvalue weighted by Gasteiger charge is 2.16. The van der Waals surface area contributed by atoms with Gasteiger partial charge in [0.2, 0.25) is 5.88 Å². The molecule has 112 valence electrons. The first-order valence-electron chi connectivity index (χ1n) is 7.95. The molecular weight excluding hydrogens is 252 g/mol. The third-order valence-electron chi connectivity index (χ3n) is 4.00. The van der Waals surface area contributed by atoms with E-state index < -0.39 is 0 Å². The van der Waals surface area contributed by atoms with Crippen molar-refractivity contribution in [1.29, 1.82) is 0 Å². The van der Waals surface area contributed by atoms with E-state index in [2.05, 4.69) is 4.98 Å². The molecule has 4 heteroatoms. The van der Waals surface area contributed by atoms with Crippen LogP contribution in [0.5, 0.6) is 5.88 Å². The topological polar surface area (TPSA) is 44.1 Å². The average molecular weight is 278 g/mol. The lowest BCUT2D eigenvalue weighted by Crippen LogP contribution is -2.28. The fourth-order valence-corrected chi connectivity index (χ4v) is 2.87. The van der Waals surface area contributed by atoms with E-state index in [0.717, 1.165) is 24.8 Å². The van der Waals surface area contributed by atoms with Crippen LogP contribution >= 0.6 is 0 Å². The van der Waals surface area contributed by atoms with Crippen molar-refractivity contribution in [3.05, 3.63) is 22.2 Å². The Morgan fingerprint density at radius 2 is 1.90 bits per heavy atom. The van der Waals surface area contributed by atoms with E-state index in [4.69, 9.17) is 4.74 Å². The maximum absolute atomic E-state index is 12.2. The molecule has 0 atom stereocenters. The summed E-state index contributed by atoms with van der Waals surface area (Å²) < 4.78 is 7.36. The molecule has 0 N–H and O–H groups in total. The molecule has 20 heavy (non-hydrogen) atoms. The van der Waals surface area contributed by atoms with E-state index in [9.17, 15) is 4.79 Å². The van der Waals surface area contributed by atoms with E-state index in [0.29, 0.717) is 18.5 Å². The van der Waals surface area contributed by atoms with Gasteiger partial charge in [0, 0.05) is 17.8 Å². The highest BCUT2D eigenvalue weighted by atomic mass is 16.5. The van der Waals surface area contributed by atoms with E-state index in [1.54, 1.807) is 0 Å². The number of hydrogen-bond donors (Lipinski definition) is 0. The van der Waals surface area contributed by atoms with Crippen LogP contribution in [0.25, 0.3) is 0 Å². The molecule has 0 saturated heterocycles. The summed E-state index contributed by atoms with van der Waals surface area (Å²) in [5.74, 6) is 0.499. The zero-order valence-electron chi connectivity index (χ0n) is 12.7. The van der Waals surface area contributed by atoms with Crippen molar-refractivity contribution in [3.8, 4) is 5.88 Å². The third kappa shape index (κ3) is 3.84. The van der Waals surface area contributed by atoms with Gasteiger partial charge in [-0.05, 0) is 26.2 Å². The van der Waals surface area contributed by atoms with Gasteiger partial charge < -0.3 is 4.74 Å². The Kier molecular flexibility index (Phi) is 5.62. The quantitative estimate of drug-likeness (QED) is 0.844. The van der Waals surface area contributed by atoms with E-state index >= 15 is 0 Å². The number of nitrogens with zero attached hydrogens (tertiary/aromatic N) is 2. The number of hydrogen-bond acceptors (Lipinski definition) is 3. The third-order valence-corrected chi connectivity index (χ3v) is 4.00. The van der Waals surface area contributed by atoms with Crippen LogP contribution in [0.2, 0.25) is 0 Å². The lowest BCUT2D eigenvalue weighted by Gasteiger charge is -2.22. The van der Waals surface area contributed by atoms with Crippen LogP contribution in [0.3, 0.4) is 0 Å². The molecule has 1 aromatic rings. The maximum Gasteiger partial charge on any atom is 0.351 e. The summed E-state index contributed by atoms with van der Waals surface area (Å²) in [6, 6.07) is 0.314. The van der Waals surface area contributed by atoms with Crippen molar-refractivity contribution >= 4 is 0 Å². The van der Waals surface area contributed by atoms with Crippen molar-refractivity contribution in [2.24, 2.45) is 0 Å². The molecule has 0 bridgehead atoms. The van der Waals surface area contributed by atoms with E-state index in [1.165, 1.54) is 32.1 Å². The van der Waals surface area contributed by atoms with Gasteiger partial charge in [0.15, 0.2) is 0 Å². The van der Waals surface area contributed by atoms with E-state index in [1.807, 2.05) is 24.6 Å². The second kappa shape index (κ2) is 7.46. The molecule has 1 fully saturated rings. The molecule has 1 heterocycles. The van der Waals surface area contributed by atoms with Crippen LogP contribution in [0.4, 0.5) is 0 Å². The molecule has 1 aliphatic rings. The first-order chi connectivity index (χ1) is 9.72. The lowest BCUT2D eigenvalue weighted by molar-refractivity contribution is 0.295. The van der Waals surface area contributed by atoms with Gasteiger partial charge >= 0.3 is 5.69 Å². The zero-order chi connectivity index (χ0) is 14.4. The standard InChI is InChI=1S/C16H26N2O2/c1-3-11-20-15-13(2)12-18(16(19)17-15)14-9-7-5-4-6-8-10-14/h12,14H,3-11H2,1-2H3. The number of aromatic nitrogens is 2. The Hall–Kier alpha value is -1.32. The predicted molar refractivity (Wildman–Crippen MR) is 80.4 cm³/mol. The summed E-state index contributed by atoms with van der Waals surface area (Å²) >= 11 is 0. The second-order valence-corrected chi connectivity index (χ2v) is 5.77. The first kappa shape index (κ1) is 15.1. The minimum Gasteiger partial charge on any atom is -0.477 e. The maximum atomic E-state index is 12.2. The molecule has 0 aliphatic heterocycles. The van der Waals surface area contributed by atoms with Crippen molar-refractivity contribution in [1.82, 2.24) is 9.55 Å². The fourth-order valence-electron chi connectivity index (χ4n) is 2.87. The largest absolute Gasteiger partial charge is 0.477 e. The summed E-state index contributed by atoms with van der Waals surface area (Å²) in [5.41, 5.74) is 0.799. The molecule has 1 saturated carbocycles. The summed E-state index contributed by atoms with van der Waals surface area (Å²) in [5, 5.41) is 0. The minimum absolute atomic E-state index is 0.160. The SMILES string of the molecule is CCCOc1nc(=O)n(C2CCCCCCC2)cc1C. The van der Waals surface area contributed by atoms with Gasteiger partial charge in [0.05, 0.1) is 6.61 Å². The minimum atomic E-state index is -0.160. The zero-order valence-corrected chi connectivity index (χ0v) is 12.7. The van der Waals surface area contributed by atoms with Crippen molar-refractivity contribution in [2.45, 2.75) is 71.3 Å². The molecule has 0 unspecified atom stereocenters. The normalized spacial score (nSPS) is 17.5. The smallest absolute Gasteiger partial charge is 0.351 e. The Morgan fingerprint density at radius 3 is 2.55 bits per heavy atom. The number of rotatable bonds is 4. The van der Waals surface area contributed by atoms with Gasteiger partial charge in [-0.2, -0.15) is 4.98 Å².